The largest absolute Gasteiger partial charge is 0.474 e. The van der Waals surface area contributed by atoms with Crippen LogP contribution in [0.15, 0.2) is 23.3 Å². The van der Waals surface area contributed by atoms with Gasteiger partial charge in [-0.25, -0.2) is 9.98 Å². The summed E-state index contributed by atoms with van der Waals surface area (Å²) in [4.78, 5) is 11.2. The second kappa shape index (κ2) is 10.2. The fourth-order valence-electron chi connectivity index (χ4n) is 3.27. The van der Waals surface area contributed by atoms with E-state index in [2.05, 4.69) is 27.1 Å². The van der Waals surface area contributed by atoms with E-state index in [0.29, 0.717) is 30.5 Å². The Hall–Kier alpha value is -1.09. The van der Waals surface area contributed by atoms with Crippen molar-refractivity contribution in [3.05, 3.63) is 23.9 Å². The van der Waals surface area contributed by atoms with Crippen LogP contribution in [0.25, 0.3) is 0 Å². The maximum Gasteiger partial charge on any atom is 0.213 e. The van der Waals surface area contributed by atoms with Crippen LogP contribution in [-0.4, -0.2) is 47.6 Å². The number of nitrogens with one attached hydrogen (secondary N) is 1. The maximum atomic E-state index is 6.01. The summed E-state index contributed by atoms with van der Waals surface area (Å²) >= 11 is 0. The Morgan fingerprint density at radius 2 is 2.24 bits per heavy atom. The summed E-state index contributed by atoms with van der Waals surface area (Å²) in [6.07, 6.45) is 8.16. The third-order valence-corrected chi connectivity index (χ3v) is 4.99. The molecule has 6 nitrogen and oxygen atoms in total. The molecular weight excluding hydrogens is 429 g/mol. The average molecular weight is 459 g/mol. The molecule has 0 amide bonds. The quantitative estimate of drug-likeness (QED) is 0.373. The first-order valence-corrected chi connectivity index (χ1v) is 9.14. The summed E-state index contributed by atoms with van der Waals surface area (Å²) < 4.78 is 5.82. The van der Waals surface area contributed by atoms with Gasteiger partial charge in [0.1, 0.15) is 6.10 Å². The third kappa shape index (κ3) is 5.99. The molecule has 0 spiro atoms. The van der Waals surface area contributed by atoms with E-state index in [4.69, 9.17) is 10.5 Å². The number of guanidine groups is 1. The number of aromatic nitrogens is 1. The van der Waals surface area contributed by atoms with E-state index in [9.17, 15) is 0 Å². The Bertz CT molecular complexity index is 564. The van der Waals surface area contributed by atoms with Crippen molar-refractivity contribution in [1.29, 1.82) is 0 Å². The zero-order valence-electron chi connectivity index (χ0n) is 15.0. The molecule has 140 valence electrons. The smallest absolute Gasteiger partial charge is 0.213 e. The Labute approximate surface area is 167 Å². The van der Waals surface area contributed by atoms with E-state index >= 15 is 0 Å². The standard InChI is InChI=1S/C18H29N5O.HI/c1-2-23-10-4-5-15(23)13-22-18(19)21-12-14-8-9-20-17(11-14)24-16-6-3-7-16;/h8-9,11,15-16H,2-7,10,12-13H2,1H3,(H3,19,21,22);1H. The van der Waals surface area contributed by atoms with Crippen LogP contribution in [0.4, 0.5) is 0 Å². The summed E-state index contributed by atoms with van der Waals surface area (Å²) in [5.74, 6) is 1.21. The molecule has 1 atom stereocenters. The first-order chi connectivity index (χ1) is 11.7. The normalized spacial score (nSPS) is 21.5. The van der Waals surface area contributed by atoms with E-state index < -0.39 is 0 Å². The summed E-state index contributed by atoms with van der Waals surface area (Å²) in [6, 6.07) is 4.50. The fourth-order valence-corrected chi connectivity index (χ4v) is 3.27. The summed E-state index contributed by atoms with van der Waals surface area (Å²) in [7, 11) is 0. The lowest BCUT2D eigenvalue weighted by atomic mass is 9.96. The van der Waals surface area contributed by atoms with Crippen LogP contribution in [0.3, 0.4) is 0 Å². The highest BCUT2D eigenvalue weighted by molar-refractivity contribution is 14.0. The zero-order valence-corrected chi connectivity index (χ0v) is 17.3. The van der Waals surface area contributed by atoms with Crippen LogP contribution in [0.2, 0.25) is 0 Å². The molecular formula is C18H30IN5O. The molecule has 7 heteroatoms. The number of ether oxygens (including phenoxy) is 1. The minimum absolute atomic E-state index is 0. The number of rotatable bonds is 7. The number of halogens is 1. The maximum absolute atomic E-state index is 6.01. The van der Waals surface area contributed by atoms with Crippen molar-refractivity contribution in [1.82, 2.24) is 15.2 Å². The van der Waals surface area contributed by atoms with E-state index in [1.807, 2.05) is 12.1 Å². The predicted molar refractivity (Wildman–Crippen MR) is 112 cm³/mol. The second-order valence-corrected chi connectivity index (χ2v) is 6.68. The van der Waals surface area contributed by atoms with Gasteiger partial charge in [-0.1, -0.05) is 6.92 Å². The lowest BCUT2D eigenvalue weighted by molar-refractivity contribution is 0.114. The SMILES string of the molecule is CCN1CCCC1CNC(N)=NCc1ccnc(OC2CCC2)c1.I. The molecule has 2 aliphatic rings. The van der Waals surface area contributed by atoms with Crippen LogP contribution >= 0.6 is 24.0 Å². The Morgan fingerprint density at radius 1 is 1.40 bits per heavy atom. The van der Waals surface area contributed by atoms with Gasteiger partial charge in [-0.3, -0.25) is 4.90 Å². The van der Waals surface area contributed by atoms with Crippen LogP contribution in [-0.2, 0) is 6.54 Å². The monoisotopic (exact) mass is 459 g/mol. The first kappa shape index (κ1) is 20.2. The Kier molecular flexibility index (Phi) is 8.21. The van der Waals surface area contributed by atoms with Gasteiger partial charge < -0.3 is 15.8 Å². The van der Waals surface area contributed by atoms with Crippen LogP contribution in [0, 0.1) is 0 Å². The van der Waals surface area contributed by atoms with Gasteiger partial charge in [-0.2, -0.15) is 0 Å². The van der Waals surface area contributed by atoms with E-state index in [-0.39, 0.29) is 24.0 Å². The van der Waals surface area contributed by atoms with E-state index in [0.717, 1.165) is 31.5 Å². The molecule has 3 N–H and O–H groups in total. The van der Waals surface area contributed by atoms with Gasteiger partial charge in [0.05, 0.1) is 6.54 Å². The molecule has 2 fully saturated rings. The number of likely N-dealkylation sites (N-methyl/N-ethyl adjacent to an activating group) is 1. The van der Waals surface area contributed by atoms with Crippen molar-refractivity contribution in [3.8, 4) is 5.88 Å². The number of nitrogens with two attached hydrogens (primary N) is 1. The molecule has 1 aliphatic heterocycles. The number of aliphatic imine (C=N–C) groups is 1. The number of hydrogen-bond donors (Lipinski definition) is 2. The van der Waals surface area contributed by atoms with Crippen LogP contribution in [0.1, 0.15) is 44.6 Å². The number of likely N-dealkylation sites (tertiary alicyclic amines) is 1. The molecule has 0 aromatic carbocycles. The highest BCUT2D eigenvalue weighted by atomic mass is 127. The summed E-state index contributed by atoms with van der Waals surface area (Å²) in [6.45, 7) is 5.92. The molecule has 1 aromatic rings. The second-order valence-electron chi connectivity index (χ2n) is 6.68. The number of pyridine rings is 1. The summed E-state index contributed by atoms with van der Waals surface area (Å²) in [5.41, 5.74) is 7.08. The topological polar surface area (TPSA) is 75.8 Å². The molecule has 1 aromatic heterocycles. The number of hydrogen-bond acceptors (Lipinski definition) is 4. The predicted octanol–water partition coefficient (Wildman–Crippen LogP) is 2.52. The minimum atomic E-state index is 0. The molecule has 25 heavy (non-hydrogen) atoms. The van der Waals surface area contributed by atoms with Crippen molar-refractivity contribution in [2.24, 2.45) is 10.7 Å². The van der Waals surface area contributed by atoms with Crippen molar-refractivity contribution in [2.45, 2.75) is 57.7 Å². The van der Waals surface area contributed by atoms with Gasteiger partial charge in [0.15, 0.2) is 5.96 Å². The van der Waals surface area contributed by atoms with Gasteiger partial charge in [-0.05, 0) is 56.8 Å². The Balaban J connectivity index is 0.00000225. The minimum Gasteiger partial charge on any atom is -0.474 e. The first-order valence-electron chi connectivity index (χ1n) is 9.14. The van der Waals surface area contributed by atoms with Crippen molar-refractivity contribution >= 4 is 29.9 Å². The third-order valence-electron chi connectivity index (χ3n) is 4.99. The highest BCUT2D eigenvalue weighted by Crippen LogP contribution is 2.24. The lowest BCUT2D eigenvalue weighted by Crippen LogP contribution is -2.42. The molecule has 0 bridgehead atoms. The molecule has 0 radical (unpaired) electrons. The van der Waals surface area contributed by atoms with Gasteiger partial charge in [0.2, 0.25) is 5.88 Å². The van der Waals surface area contributed by atoms with Crippen molar-refractivity contribution < 1.29 is 4.74 Å². The highest BCUT2D eigenvalue weighted by Gasteiger charge is 2.22. The molecule has 1 saturated carbocycles. The van der Waals surface area contributed by atoms with Crippen LogP contribution < -0.4 is 15.8 Å². The molecule has 3 rings (SSSR count). The van der Waals surface area contributed by atoms with Gasteiger partial charge in [0, 0.05) is 24.8 Å². The fraction of sp³-hybridized carbons (Fsp3) is 0.667. The van der Waals surface area contributed by atoms with Gasteiger partial charge >= 0.3 is 0 Å². The average Bonchev–Trinajstić information content (AvgIpc) is 3.02. The lowest BCUT2D eigenvalue weighted by Gasteiger charge is -2.25. The molecule has 2 heterocycles. The van der Waals surface area contributed by atoms with Gasteiger partial charge in [-0.15, -0.1) is 24.0 Å². The van der Waals surface area contributed by atoms with Gasteiger partial charge in [0.25, 0.3) is 0 Å². The van der Waals surface area contributed by atoms with Crippen molar-refractivity contribution in [3.63, 3.8) is 0 Å². The Morgan fingerprint density at radius 3 is 2.96 bits per heavy atom. The summed E-state index contributed by atoms with van der Waals surface area (Å²) in [5, 5.41) is 3.26. The van der Waals surface area contributed by atoms with Crippen LogP contribution in [0.5, 0.6) is 5.88 Å². The molecule has 1 aliphatic carbocycles. The number of nitrogens with zero attached hydrogens (tertiary/aromatic N) is 3. The van der Waals surface area contributed by atoms with E-state index in [1.165, 1.54) is 25.8 Å². The zero-order chi connectivity index (χ0) is 16.8. The molecule has 1 unspecified atom stereocenters. The van der Waals surface area contributed by atoms with Crippen molar-refractivity contribution in [2.75, 3.05) is 19.6 Å². The van der Waals surface area contributed by atoms with E-state index in [1.54, 1.807) is 6.20 Å². The molecule has 1 saturated heterocycles.